The fraction of sp³-hybridized carbons (Fsp3) is 0.463. The molecule has 0 unspecified atom stereocenters. The topological polar surface area (TPSA) is 119 Å². The molecule has 2 aromatic heterocycles. The van der Waals surface area contributed by atoms with Crippen LogP contribution in [0.1, 0.15) is 106 Å². The number of aromatic amines is 2. The van der Waals surface area contributed by atoms with Crippen LogP contribution >= 0.6 is 0 Å². The molecule has 0 radical (unpaired) electrons. The highest BCUT2D eigenvalue weighted by molar-refractivity contribution is 5.83. The number of rotatable bonds is 9. The summed E-state index contributed by atoms with van der Waals surface area (Å²) in [6.45, 7) is 9.74. The summed E-state index contributed by atoms with van der Waals surface area (Å²) >= 11 is 0. The minimum atomic E-state index is -0.399. The fourth-order valence-electron chi connectivity index (χ4n) is 7.80. The predicted octanol–water partition coefficient (Wildman–Crippen LogP) is 6.51. The summed E-state index contributed by atoms with van der Waals surface area (Å²) in [6.07, 6.45) is 8.00. The molecule has 4 aromatic rings. The molecular formula is C41H49N7O3. The van der Waals surface area contributed by atoms with Gasteiger partial charge in [-0.2, -0.15) is 5.48 Å². The van der Waals surface area contributed by atoms with Crippen molar-refractivity contribution < 1.29 is 14.4 Å². The van der Waals surface area contributed by atoms with Gasteiger partial charge in [-0.25, -0.2) is 9.97 Å². The van der Waals surface area contributed by atoms with Gasteiger partial charge in [0, 0.05) is 41.9 Å². The maximum absolute atomic E-state index is 13.5. The van der Waals surface area contributed by atoms with Gasteiger partial charge in [-0.3, -0.25) is 9.59 Å². The van der Waals surface area contributed by atoms with Gasteiger partial charge in [-0.05, 0) is 85.8 Å². The number of fused-ring (bicyclic) bond motifs is 3. The third-order valence-electron chi connectivity index (χ3n) is 10.4. The zero-order valence-corrected chi connectivity index (χ0v) is 30.4. The zero-order chi connectivity index (χ0) is 35.6. The van der Waals surface area contributed by atoms with Crippen LogP contribution in [-0.2, 0) is 27.3 Å². The van der Waals surface area contributed by atoms with Gasteiger partial charge in [0.1, 0.15) is 17.7 Å². The van der Waals surface area contributed by atoms with Crippen molar-refractivity contribution in [3.8, 4) is 34.4 Å². The molecule has 3 aliphatic rings. The largest absolute Gasteiger partial charge is 0.344 e. The van der Waals surface area contributed by atoms with E-state index in [1.807, 2.05) is 42.0 Å². The van der Waals surface area contributed by atoms with E-state index in [0.717, 1.165) is 103 Å². The van der Waals surface area contributed by atoms with Crippen LogP contribution in [0.15, 0.2) is 48.7 Å². The molecule has 0 bridgehead atoms. The number of nitrogens with zero attached hydrogens (tertiary/aromatic N) is 4. The third kappa shape index (κ3) is 7.23. The maximum atomic E-state index is 13.5. The average Bonchev–Trinajstić information content (AvgIpc) is 3.95. The van der Waals surface area contributed by atoms with E-state index in [1.165, 1.54) is 5.56 Å². The Bertz CT molecular complexity index is 1950. The Hall–Kier alpha value is -4.72. The van der Waals surface area contributed by atoms with Crippen molar-refractivity contribution in [2.75, 3.05) is 20.2 Å². The summed E-state index contributed by atoms with van der Waals surface area (Å²) in [7, 11) is 1.55. The first-order valence-corrected chi connectivity index (χ1v) is 18.5. The predicted molar refractivity (Wildman–Crippen MR) is 197 cm³/mol. The molecule has 2 fully saturated rings. The number of hydrogen-bond acceptors (Lipinski definition) is 6. The monoisotopic (exact) mass is 687 g/mol. The summed E-state index contributed by atoms with van der Waals surface area (Å²) < 4.78 is 0. The zero-order valence-electron chi connectivity index (χ0n) is 30.4. The summed E-state index contributed by atoms with van der Waals surface area (Å²) in [5.74, 6) is 9.15. The lowest BCUT2D eigenvalue weighted by Gasteiger charge is -2.29. The number of amides is 2. The van der Waals surface area contributed by atoms with E-state index in [2.05, 4.69) is 76.5 Å². The molecule has 10 heteroatoms. The Morgan fingerprint density at radius 3 is 2.35 bits per heavy atom. The van der Waals surface area contributed by atoms with Crippen LogP contribution in [0.4, 0.5) is 0 Å². The SMILES string of the molecule is CON[C@H](C(=O)N1CCC[C@H]1c1nc2c([nH]1)CCc1cc(C#Cc3ccc(-c4cnc([C@@H]5CCCN5C(=O)CC(C)C)[nH]4)cc3)ccc1-2)C(C)C. The number of likely N-dealkylation sites (tertiary alicyclic amines) is 2. The second kappa shape index (κ2) is 14.9. The second-order valence-corrected chi connectivity index (χ2v) is 14.9. The smallest absolute Gasteiger partial charge is 0.242 e. The van der Waals surface area contributed by atoms with Crippen LogP contribution in [0.2, 0.25) is 0 Å². The number of imidazole rings is 2. The van der Waals surface area contributed by atoms with Gasteiger partial charge in [-0.1, -0.05) is 57.7 Å². The number of hydrogen-bond donors (Lipinski definition) is 3. The Balaban J connectivity index is 1.03. The summed E-state index contributed by atoms with van der Waals surface area (Å²) in [4.78, 5) is 52.3. The van der Waals surface area contributed by atoms with Crippen molar-refractivity contribution >= 4 is 11.8 Å². The molecule has 0 saturated carbocycles. The fourth-order valence-corrected chi connectivity index (χ4v) is 7.80. The van der Waals surface area contributed by atoms with Crippen LogP contribution in [0.25, 0.3) is 22.5 Å². The molecule has 2 aliphatic heterocycles. The average molecular weight is 688 g/mol. The summed E-state index contributed by atoms with van der Waals surface area (Å²) in [5, 5.41) is 0. The van der Waals surface area contributed by atoms with E-state index in [1.54, 1.807) is 7.11 Å². The first-order chi connectivity index (χ1) is 24.7. The molecule has 1 aliphatic carbocycles. The lowest BCUT2D eigenvalue weighted by atomic mass is 9.91. The van der Waals surface area contributed by atoms with Crippen LogP contribution in [0.3, 0.4) is 0 Å². The van der Waals surface area contributed by atoms with E-state index in [9.17, 15) is 9.59 Å². The van der Waals surface area contributed by atoms with Gasteiger partial charge in [0.15, 0.2) is 0 Å². The normalized spacial score (nSPS) is 18.9. The molecule has 3 atom stereocenters. The van der Waals surface area contributed by atoms with Gasteiger partial charge in [0.2, 0.25) is 11.8 Å². The van der Waals surface area contributed by atoms with Crippen molar-refractivity contribution in [3.05, 3.63) is 82.7 Å². The minimum absolute atomic E-state index is 0.0171. The summed E-state index contributed by atoms with van der Waals surface area (Å²) in [5.41, 5.74) is 11.3. The molecule has 3 N–H and O–H groups in total. The van der Waals surface area contributed by atoms with Gasteiger partial charge >= 0.3 is 0 Å². The Morgan fingerprint density at radius 2 is 1.63 bits per heavy atom. The molecule has 0 spiro atoms. The van der Waals surface area contributed by atoms with Crippen LogP contribution in [0, 0.1) is 23.7 Å². The highest BCUT2D eigenvalue weighted by Gasteiger charge is 2.38. The number of benzene rings is 2. The van der Waals surface area contributed by atoms with E-state index < -0.39 is 6.04 Å². The molecule has 51 heavy (non-hydrogen) atoms. The molecule has 2 saturated heterocycles. The Labute approximate surface area is 300 Å². The summed E-state index contributed by atoms with van der Waals surface area (Å²) in [6, 6.07) is 14.2. The van der Waals surface area contributed by atoms with E-state index in [4.69, 9.17) is 9.82 Å². The standard InChI is InChI=1S/C41H49N7O3/c1-25(2)22-36(49)47-20-6-8-34(47)39-42-24-33(44-39)29-15-12-27(13-16-29)10-11-28-14-18-31-30(23-28)17-19-32-38(31)45-40(43-32)35-9-7-21-48(35)41(50)37(26(3)4)46-51-5/h12-16,18,23-26,34-35,37,46H,6-9,17,19-22H2,1-5H3,(H,42,44)(H,43,45)/t34-,35-,37-/m0/s1. The van der Waals surface area contributed by atoms with Gasteiger partial charge < -0.3 is 24.6 Å². The minimum Gasteiger partial charge on any atom is -0.344 e. The molecule has 10 nitrogen and oxygen atoms in total. The first kappa shape index (κ1) is 34.7. The lowest BCUT2D eigenvalue weighted by molar-refractivity contribution is -0.140. The van der Waals surface area contributed by atoms with Crippen molar-refractivity contribution in [2.24, 2.45) is 11.8 Å². The molecule has 2 aromatic carbocycles. The number of aromatic nitrogens is 4. The molecule has 7 rings (SSSR count). The number of carbonyl (C=O) groups is 2. The molecule has 266 valence electrons. The molecule has 2 amide bonds. The van der Waals surface area contributed by atoms with Crippen LogP contribution < -0.4 is 5.48 Å². The number of aryl methyl sites for hydroxylation is 2. The first-order valence-electron chi connectivity index (χ1n) is 18.5. The molecule has 4 heterocycles. The van der Waals surface area contributed by atoms with Crippen molar-refractivity contribution in [3.63, 3.8) is 0 Å². The highest BCUT2D eigenvalue weighted by atomic mass is 16.6. The highest BCUT2D eigenvalue weighted by Crippen LogP contribution is 2.38. The molecular weight excluding hydrogens is 638 g/mol. The Kier molecular flexibility index (Phi) is 10.1. The van der Waals surface area contributed by atoms with Crippen molar-refractivity contribution in [1.29, 1.82) is 0 Å². The van der Waals surface area contributed by atoms with Gasteiger partial charge in [0.25, 0.3) is 0 Å². The second-order valence-electron chi connectivity index (χ2n) is 14.9. The Morgan fingerprint density at radius 1 is 0.922 bits per heavy atom. The van der Waals surface area contributed by atoms with Crippen molar-refractivity contribution in [2.45, 2.75) is 90.8 Å². The van der Waals surface area contributed by atoms with E-state index in [-0.39, 0.29) is 29.8 Å². The van der Waals surface area contributed by atoms with E-state index in [0.29, 0.717) is 12.3 Å². The number of H-pyrrole nitrogens is 2. The third-order valence-corrected chi connectivity index (χ3v) is 10.4. The lowest BCUT2D eigenvalue weighted by Crippen LogP contribution is -2.48. The van der Waals surface area contributed by atoms with Crippen LogP contribution in [0.5, 0.6) is 0 Å². The van der Waals surface area contributed by atoms with Crippen LogP contribution in [-0.4, -0.2) is 67.8 Å². The van der Waals surface area contributed by atoms with Gasteiger partial charge in [0.05, 0.1) is 36.8 Å². The number of hydroxylamine groups is 1. The number of nitrogens with one attached hydrogen (secondary N) is 3. The number of carbonyl (C=O) groups excluding carboxylic acids is 2. The quantitative estimate of drug-likeness (QED) is 0.136. The van der Waals surface area contributed by atoms with E-state index >= 15 is 0 Å². The van der Waals surface area contributed by atoms with Crippen molar-refractivity contribution in [1.82, 2.24) is 35.2 Å². The maximum Gasteiger partial charge on any atom is 0.242 e. The van der Waals surface area contributed by atoms with Gasteiger partial charge in [-0.15, -0.1) is 0 Å².